The number of anilines is 1. The number of hydrogen-bond acceptors (Lipinski definition) is 3. The van der Waals surface area contributed by atoms with E-state index in [1.807, 2.05) is 19.1 Å². The average molecular weight is 460 g/mol. The van der Waals surface area contributed by atoms with E-state index in [9.17, 15) is 13.2 Å². The number of benzene rings is 2. The lowest BCUT2D eigenvalue weighted by molar-refractivity contribution is -0.119. The number of amides is 1. The zero-order valence-electron chi connectivity index (χ0n) is 14.5. The minimum atomic E-state index is -3.58. The molecule has 0 radical (unpaired) electrons. The van der Waals surface area contributed by atoms with Crippen molar-refractivity contribution in [2.75, 3.05) is 23.7 Å². The van der Waals surface area contributed by atoms with Crippen molar-refractivity contribution < 1.29 is 13.2 Å². The average Bonchev–Trinajstić information content (AvgIpc) is 2.56. The van der Waals surface area contributed by atoms with Crippen molar-refractivity contribution in [3.05, 3.63) is 63.1 Å². The van der Waals surface area contributed by atoms with Crippen molar-refractivity contribution >= 4 is 49.1 Å². The Kier molecular flexibility index (Phi) is 7.08. The van der Waals surface area contributed by atoms with Gasteiger partial charge in [0.15, 0.2) is 0 Å². The lowest BCUT2D eigenvalue weighted by Crippen LogP contribution is -2.41. The summed E-state index contributed by atoms with van der Waals surface area (Å²) in [7, 11) is -3.58. The van der Waals surface area contributed by atoms with Crippen molar-refractivity contribution in [1.82, 2.24) is 5.32 Å². The highest BCUT2D eigenvalue weighted by molar-refractivity contribution is 9.10. The van der Waals surface area contributed by atoms with Crippen LogP contribution in [0.3, 0.4) is 0 Å². The third-order valence-corrected chi connectivity index (χ3v) is 6.05. The molecule has 0 saturated heterocycles. The van der Waals surface area contributed by atoms with E-state index in [2.05, 4.69) is 21.2 Å². The van der Waals surface area contributed by atoms with Crippen molar-refractivity contribution in [3.63, 3.8) is 0 Å². The molecule has 0 aliphatic carbocycles. The Morgan fingerprint density at radius 3 is 2.42 bits per heavy atom. The van der Waals surface area contributed by atoms with Gasteiger partial charge in [0, 0.05) is 16.0 Å². The summed E-state index contributed by atoms with van der Waals surface area (Å²) >= 11 is 9.23. The molecule has 2 rings (SSSR count). The largest absolute Gasteiger partial charge is 0.354 e. The zero-order chi connectivity index (χ0) is 19.3. The van der Waals surface area contributed by atoms with E-state index >= 15 is 0 Å². The van der Waals surface area contributed by atoms with Crippen molar-refractivity contribution in [2.45, 2.75) is 13.3 Å². The minimum absolute atomic E-state index is 0.263. The molecular formula is C18H20BrClN2O3S. The summed E-state index contributed by atoms with van der Waals surface area (Å²) in [5, 5.41) is 3.42. The number of nitrogens with zero attached hydrogens (tertiary/aromatic N) is 1. The number of aryl methyl sites for hydroxylation is 1. The van der Waals surface area contributed by atoms with Gasteiger partial charge in [-0.05, 0) is 54.8 Å². The van der Waals surface area contributed by atoms with E-state index in [-0.39, 0.29) is 12.5 Å². The molecule has 0 aliphatic heterocycles. The van der Waals surface area contributed by atoms with E-state index in [1.54, 1.807) is 30.3 Å². The Hall–Kier alpha value is -1.57. The van der Waals surface area contributed by atoms with Crippen LogP contribution < -0.4 is 9.62 Å². The van der Waals surface area contributed by atoms with Crippen LogP contribution in [0.5, 0.6) is 0 Å². The van der Waals surface area contributed by atoms with Gasteiger partial charge in [0.25, 0.3) is 0 Å². The Morgan fingerprint density at radius 2 is 1.85 bits per heavy atom. The summed E-state index contributed by atoms with van der Waals surface area (Å²) in [6, 6.07) is 12.5. The fraction of sp³-hybridized carbons (Fsp3) is 0.278. The second-order valence-corrected chi connectivity index (χ2v) is 9.13. The van der Waals surface area contributed by atoms with Gasteiger partial charge in [0.2, 0.25) is 15.9 Å². The molecule has 8 heteroatoms. The van der Waals surface area contributed by atoms with Gasteiger partial charge in [-0.25, -0.2) is 8.42 Å². The van der Waals surface area contributed by atoms with Crippen LogP contribution in [0.2, 0.25) is 5.02 Å². The Balaban J connectivity index is 2.00. The van der Waals surface area contributed by atoms with Crippen molar-refractivity contribution in [3.8, 4) is 0 Å². The summed E-state index contributed by atoms with van der Waals surface area (Å²) in [6.07, 6.45) is 1.73. The molecule has 0 heterocycles. The van der Waals surface area contributed by atoms with Crippen LogP contribution in [0.15, 0.2) is 46.9 Å². The highest BCUT2D eigenvalue weighted by Gasteiger charge is 2.21. The van der Waals surface area contributed by atoms with Gasteiger partial charge < -0.3 is 5.32 Å². The summed E-state index contributed by atoms with van der Waals surface area (Å²) < 4.78 is 26.2. The van der Waals surface area contributed by atoms with Gasteiger partial charge in [-0.2, -0.15) is 0 Å². The van der Waals surface area contributed by atoms with Crippen molar-refractivity contribution in [1.29, 1.82) is 0 Å². The molecule has 0 unspecified atom stereocenters. The molecule has 0 bridgehead atoms. The number of hydrogen-bond donors (Lipinski definition) is 1. The topological polar surface area (TPSA) is 66.5 Å². The summed E-state index contributed by atoms with van der Waals surface area (Å²) in [5.74, 6) is -0.357. The molecule has 0 spiro atoms. The number of carbonyl (C=O) groups is 1. The summed E-state index contributed by atoms with van der Waals surface area (Å²) in [4.78, 5) is 12.2. The lowest BCUT2D eigenvalue weighted by Gasteiger charge is -2.22. The predicted octanol–water partition coefficient (Wildman–Crippen LogP) is 3.54. The van der Waals surface area contributed by atoms with Gasteiger partial charge in [-0.3, -0.25) is 9.10 Å². The standard InChI is InChI=1S/C18H20BrClN2O3S/c1-13-11-16(7-8-17(13)19)22(26(2,24)25)12-18(23)21-10-9-14-3-5-15(20)6-4-14/h3-8,11H,9-10,12H2,1-2H3,(H,21,23). The Labute approximate surface area is 167 Å². The SMILES string of the molecule is Cc1cc(N(CC(=O)NCCc2ccc(Cl)cc2)S(C)(=O)=O)ccc1Br. The molecule has 140 valence electrons. The first-order valence-corrected chi connectivity index (χ1v) is 10.9. The van der Waals surface area contributed by atoms with Gasteiger partial charge in [0.1, 0.15) is 6.54 Å². The van der Waals surface area contributed by atoms with Crippen LogP contribution in [0.1, 0.15) is 11.1 Å². The van der Waals surface area contributed by atoms with Crippen LogP contribution in [-0.2, 0) is 21.2 Å². The molecule has 0 saturated carbocycles. The third kappa shape index (κ3) is 6.00. The number of rotatable bonds is 7. The van der Waals surface area contributed by atoms with E-state index in [0.29, 0.717) is 23.7 Å². The van der Waals surface area contributed by atoms with Crippen LogP contribution in [0.4, 0.5) is 5.69 Å². The highest BCUT2D eigenvalue weighted by Crippen LogP contribution is 2.24. The molecule has 1 N–H and O–H groups in total. The minimum Gasteiger partial charge on any atom is -0.354 e. The second kappa shape index (κ2) is 8.88. The van der Waals surface area contributed by atoms with Gasteiger partial charge in [-0.15, -0.1) is 0 Å². The van der Waals surface area contributed by atoms with E-state index in [0.717, 1.165) is 26.2 Å². The Bertz CT molecular complexity index is 886. The molecule has 0 fully saturated rings. The van der Waals surface area contributed by atoms with Crippen LogP contribution in [0.25, 0.3) is 0 Å². The quantitative estimate of drug-likeness (QED) is 0.689. The van der Waals surface area contributed by atoms with E-state index < -0.39 is 10.0 Å². The number of halogens is 2. The monoisotopic (exact) mass is 458 g/mol. The summed E-state index contributed by atoms with van der Waals surface area (Å²) in [6.45, 7) is 2.01. The van der Waals surface area contributed by atoms with Crippen molar-refractivity contribution in [2.24, 2.45) is 0 Å². The number of nitrogens with one attached hydrogen (secondary N) is 1. The van der Waals surface area contributed by atoms with Gasteiger partial charge >= 0.3 is 0 Å². The molecule has 0 aliphatic rings. The summed E-state index contributed by atoms with van der Waals surface area (Å²) in [5.41, 5.74) is 2.39. The second-order valence-electron chi connectivity index (χ2n) is 5.93. The maximum Gasteiger partial charge on any atom is 0.240 e. The molecule has 2 aromatic carbocycles. The van der Waals surface area contributed by atoms with Crippen LogP contribution in [-0.4, -0.2) is 33.7 Å². The van der Waals surface area contributed by atoms with Gasteiger partial charge in [-0.1, -0.05) is 39.7 Å². The van der Waals surface area contributed by atoms with E-state index in [4.69, 9.17) is 11.6 Å². The smallest absolute Gasteiger partial charge is 0.240 e. The molecule has 1 amide bonds. The fourth-order valence-corrected chi connectivity index (χ4v) is 3.59. The molecule has 2 aromatic rings. The molecule has 0 aromatic heterocycles. The number of sulfonamides is 1. The highest BCUT2D eigenvalue weighted by atomic mass is 79.9. The molecular weight excluding hydrogens is 440 g/mol. The van der Waals surface area contributed by atoms with Crippen LogP contribution in [0, 0.1) is 6.92 Å². The Morgan fingerprint density at radius 1 is 1.19 bits per heavy atom. The molecule has 5 nitrogen and oxygen atoms in total. The fourth-order valence-electron chi connectivity index (χ4n) is 2.37. The first kappa shape index (κ1) is 20.7. The third-order valence-electron chi connectivity index (χ3n) is 3.77. The van der Waals surface area contributed by atoms with Crippen LogP contribution >= 0.6 is 27.5 Å². The first-order valence-electron chi connectivity index (χ1n) is 7.92. The maximum atomic E-state index is 12.2. The van der Waals surface area contributed by atoms with Gasteiger partial charge in [0.05, 0.1) is 11.9 Å². The first-order chi connectivity index (χ1) is 12.2. The van der Waals surface area contributed by atoms with E-state index in [1.165, 1.54) is 0 Å². The lowest BCUT2D eigenvalue weighted by atomic mass is 10.1. The maximum absolute atomic E-state index is 12.2. The molecule has 0 atom stereocenters. The predicted molar refractivity (Wildman–Crippen MR) is 109 cm³/mol. The molecule has 26 heavy (non-hydrogen) atoms. The zero-order valence-corrected chi connectivity index (χ0v) is 17.7. The number of carbonyl (C=O) groups excluding carboxylic acids is 1. The normalized spacial score (nSPS) is 11.2.